The minimum absolute atomic E-state index is 0.0688. The molecule has 1 saturated carbocycles. The van der Waals surface area contributed by atoms with Crippen molar-refractivity contribution in [2.45, 2.75) is 69.6 Å². The number of carbonyl (C=O) groups is 1. The number of carbonyl (C=O) groups excluding carboxylic acids is 1. The Bertz CT molecular complexity index is 1220. The lowest BCUT2D eigenvalue weighted by atomic mass is 9.78. The lowest BCUT2D eigenvalue weighted by Crippen LogP contribution is -2.51. The predicted molar refractivity (Wildman–Crippen MR) is 145 cm³/mol. The largest absolute Gasteiger partial charge is 0.416 e. The van der Waals surface area contributed by atoms with Gasteiger partial charge >= 0.3 is 6.18 Å². The number of alkyl halides is 3. The summed E-state index contributed by atoms with van der Waals surface area (Å²) in [6, 6.07) is 23.7. The van der Waals surface area contributed by atoms with Gasteiger partial charge in [0, 0.05) is 36.4 Å². The Kier molecular flexibility index (Phi) is 7.89. The zero-order valence-electron chi connectivity index (χ0n) is 21.8. The Hall–Kier alpha value is -3.12. The molecule has 1 amide bonds. The van der Waals surface area contributed by atoms with Gasteiger partial charge in [-0.05, 0) is 74.4 Å². The molecule has 2 atom stereocenters. The molecule has 0 radical (unpaired) electrons. The van der Waals surface area contributed by atoms with Crippen LogP contribution in [0.2, 0.25) is 0 Å². The summed E-state index contributed by atoms with van der Waals surface area (Å²) < 4.78 is 40.2. The van der Waals surface area contributed by atoms with Gasteiger partial charge in [-0.1, -0.05) is 66.9 Å². The van der Waals surface area contributed by atoms with Crippen LogP contribution in [0.15, 0.2) is 78.9 Å². The molecule has 200 valence electrons. The molecule has 2 unspecified atom stereocenters. The zero-order chi connectivity index (χ0) is 26.7. The highest BCUT2D eigenvalue weighted by Crippen LogP contribution is 2.38. The van der Waals surface area contributed by atoms with Crippen molar-refractivity contribution >= 4 is 11.6 Å². The highest BCUT2D eigenvalue weighted by atomic mass is 19.4. The van der Waals surface area contributed by atoms with Crippen molar-refractivity contribution in [2.24, 2.45) is 0 Å². The van der Waals surface area contributed by atoms with E-state index in [1.54, 1.807) is 4.90 Å². The molecule has 6 heteroatoms. The summed E-state index contributed by atoms with van der Waals surface area (Å²) in [5.41, 5.74) is 2.47. The van der Waals surface area contributed by atoms with Crippen LogP contribution in [0, 0.1) is 6.92 Å². The van der Waals surface area contributed by atoms with Crippen molar-refractivity contribution in [1.29, 1.82) is 0 Å². The standard InChI is InChI=1S/C32H35F3N2O/c1-23-14-16-27(17-15-23)37(31(38)25-10-7-11-26(22-25)32(33,34)35)28-18-20-36(21-19-28)30-13-6-5-12-29(30)24-8-3-2-4-9-24/h2-4,7-11,14-17,22,28-30H,5-6,12-13,18-21H2,1H3. The van der Waals surface area contributed by atoms with E-state index in [1.165, 1.54) is 43.4 Å². The number of benzene rings is 3. The first-order valence-electron chi connectivity index (χ1n) is 13.7. The minimum Gasteiger partial charge on any atom is -0.305 e. The number of likely N-dealkylation sites (tertiary alicyclic amines) is 1. The molecule has 1 aliphatic heterocycles. The van der Waals surface area contributed by atoms with E-state index in [2.05, 4.69) is 35.2 Å². The highest BCUT2D eigenvalue weighted by molar-refractivity contribution is 6.06. The number of anilines is 1. The third-order valence-corrected chi connectivity index (χ3v) is 8.26. The summed E-state index contributed by atoms with van der Waals surface area (Å²) in [5, 5.41) is 0. The molecule has 0 aromatic heterocycles. The van der Waals surface area contributed by atoms with Gasteiger partial charge in [-0.25, -0.2) is 0 Å². The Morgan fingerprint density at radius 2 is 1.53 bits per heavy atom. The second-order valence-electron chi connectivity index (χ2n) is 10.7. The molecule has 3 aromatic rings. The van der Waals surface area contributed by atoms with Crippen LogP contribution >= 0.6 is 0 Å². The fourth-order valence-electron chi connectivity index (χ4n) is 6.28. The molecule has 3 aromatic carbocycles. The number of amides is 1. The molecule has 5 rings (SSSR count). The third kappa shape index (κ3) is 5.80. The summed E-state index contributed by atoms with van der Waals surface area (Å²) >= 11 is 0. The average Bonchev–Trinajstić information content (AvgIpc) is 2.95. The second kappa shape index (κ2) is 11.3. The van der Waals surface area contributed by atoms with E-state index in [9.17, 15) is 18.0 Å². The number of piperidine rings is 1. The van der Waals surface area contributed by atoms with Gasteiger partial charge in [0.1, 0.15) is 0 Å². The third-order valence-electron chi connectivity index (χ3n) is 8.26. The molecule has 38 heavy (non-hydrogen) atoms. The van der Waals surface area contributed by atoms with Crippen LogP contribution in [0.25, 0.3) is 0 Å². The van der Waals surface area contributed by atoms with Crippen LogP contribution < -0.4 is 4.90 Å². The molecule has 0 bridgehead atoms. The molecular weight excluding hydrogens is 485 g/mol. The van der Waals surface area contributed by atoms with Crippen molar-refractivity contribution in [1.82, 2.24) is 4.90 Å². The maximum atomic E-state index is 13.8. The van der Waals surface area contributed by atoms with Crippen molar-refractivity contribution in [3.63, 3.8) is 0 Å². The first-order valence-corrected chi connectivity index (χ1v) is 13.7. The monoisotopic (exact) mass is 520 g/mol. The Labute approximate surface area is 223 Å². The molecule has 2 fully saturated rings. The maximum absolute atomic E-state index is 13.8. The van der Waals surface area contributed by atoms with Gasteiger partial charge in [0.25, 0.3) is 5.91 Å². The summed E-state index contributed by atoms with van der Waals surface area (Å²) in [7, 11) is 0. The van der Waals surface area contributed by atoms with E-state index >= 15 is 0 Å². The molecule has 1 heterocycles. The van der Waals surface area contributed by atoms with Gasteiger partial charge < -0.3 is 4.90 Å². The van der Waals surface area contributed by atoms with Crippen LogP contribution in [-0.2, 0) is 6.18 Å². The number of rotatable bonds is 5. The first-order chi connectivity index (χ1) is 18.3. The van der Waals surface area contributed by atoms with Crippen LogP contribution in [0.3, 0.4) is 0 Å². The van der Waals surface area contributed by atoms with E-state index in [0.29, 0.717) is 12.0 Å². The molecule has 0 N–H and O–H groups in total. The second-order valence-corrected chi connectivity index (χ2v) is 10.7. The maximum Gasteiger partial charge on any atom is 0.416 e. The number of hydrogen-bond acceptors (Lipinski definition) is 2. The normalized spacial score (nSPS) is 21.3. The summed E-state index contributed by atoms with van der Waals surface area (Å²) in [6.07, 6.45) is 1.93. The first kappa shape index (κ1) is 26.5. The molecule has 2 aliphatic rings. The molecule has 1 aliphatic carbocycles. The van der Waals surface area contributed by atoms with Gasteiger partial charge in [-0.2, -0.15) is 13.2 Å². The minimum atomic E-state index is -4.49. The van der Waals surface area contributed by atoms with E-state index < -0.39 is 11.7 Å². The van der Waals surface area contributed by atoms with Gasteiger partial charge in [0.05, 0.1) is 5.56 Å². The van der Waals surface area contributed by atoms with Crippen molar-refractivity contribution < 1.29 is 18.0 Å². The fourth-order valence-corrected chi connectivity index (χ4v) is 6.28. The van der Waals surface area contributed by atoms with E-state index in [1.807, 2.05) is 31.2 Å². The van der Waals surface area contributed by atoms with E-state index in [-0.39, 0.29) is 17.5 Å². The molecular formula is C32H35F3N2O. The van der Waals surface area contributed by atoms with Crippen LogP contribution in [0.5, 0.6) is 0 Å². The number of nitrogens with zero attached hydrogens (tertiary/aromatic N) is 2. The number of hydrogen-bond donors (Lipinski definition) is 0. The van der Waals surface area contributed by atoms with Crippen LogP contribution in [0.4, 0.5) is 18.9 Å². The van der Waals surface area contributed by atoms with Crippen molar-refractivity contribution in [3.05, 3.63) is 101 Å². The average molecular weight is 521 g/mol. The zero-order valence-corrected chi connectivity index (χ0v) is 21.8. The Morgan fingerprint density at radius 3 is 2.21 bits per heavy atom. The fraction of sp³-hybridized carbons (Fsp3) is 0.406. The summed E-state index contributed by atoms with van der Waals surface area (Å²) in [4.78, 5) is 18.1. The molecule has 3 nitrogen and oxygen atoms in total. The van der Waals surface area contributed by atoms with Gasteiger partial charge in [-0.3, -0.25) is 9.69 Å². The van der Waals surface area contributed by atoms with Crippen LogP contribution in [-0.4, -0.2) is 36.0 Å². The topological polar surface area (TPSA) is 23.6 Å². The van der Waals surface area contributed by atoms with Crippen LogP contribution in [0.1, 0.15) is 71.5 Å². The van der Waals surface area contributed by atoms with E-state index in [0.717, 1.165) is 49.3 Å². The SMILES string of the molecule is Cc1ccc(N(C(=O)c2cccc(C(F)(F)F)c2)C2CCN(C3CCCCC3c3ccccc3)CC2)cc1. The summed E-state index contributed by atoms with van der Waals surface area (Å²) in [6.45, 7) is 3.72. The number of aryl methyl sites for hydroxylation is 1. The quantitative estimate of drug-likeness (QED) is 0.342. The van der Waals surface area contributed by atoms with Gasteiger partial charge in [0.2, 0.25) is 0 Å². The lowest BCUT2D eigenvalue weighted by Gasteiger charge is -2.45. The predicted octanol–water partition coefficient (Wildman–Crippen LogP) is 7.85. The number of halogens is 3. The van der Waals surface area contributed by atoms with Crippen molar-refractivity contribution in [3.8, 4) is 0 Å². The van der Waals surface area contributed by atoms with E-state index in [4.69, 9.17) is 0 Å². The Morgan fingerprint density at radius 1 is 0.842 bits per heavy atom. The lowest BCUT2D eigenvalue weighted by molar-refractivity contribution is -0.137. The molecule has 1 saturated heterocycles. The summed E-state index contributed by atoms with van der Waals surface area (Å²) in [5.74, 6) is 0.139. The smallest absolute Gasteiger partial charge is 0.305 e. The Balaban J connectivity index is 1.37. The van der Waals surface area contributed by atoms with Gasteiger partial charge in [-0.15, -0.1) is 0 Å². The van der Waals surface area contributed by atoms with Gasteiger partial charge in [0.15, 0.2) is 0 Å². The highest BCUT2D eigenvalue weighted by Gasteiger charge is 2.37. The van der Waals surface area contributed by atoms with Crippen molar-refractivity contribution in [2.75, 3.05) is 18.0 Å². The molecule has 0 spiro atoms.